The van der Waals surface area contributed by atoms with Crippen molar-refractivity contribution in [1.29, 1.82) is 0 Å². The summed E-state index contributed by atoms with van der Waals surface area (Å²) < 4.78 is 10.8. The van der Waals surface area contributed by atoms with E-state index in [1.807, 2.05) is 25.1 Å². The van der Waals surface area contributed by atoms with Crippen molar-refractivity contribution in [2.45, 2.75) is 27.7 Å². The third kappa shape index (κ3) is 4.85. The van der Waals surface area contributed by atoms with Gasteiger partial charge in [0.25, 0.3) is 0 Å². The van der Waals surface area contributed by atoms with Gasteiger partial charge >= 0.3 is 5.97 Å². The van der Waals surface area contributed by atoms with Crippen LogP contribution in [0.15, 0.2) is 24.4 Å². The van der Waals surface area contributed by atoms with E-state index < -0.39 is 0 Å². The topological polar surface area (TPSA) is 63.7 Å². The summed E-state index contributed by atoms with van der Waals surface area (Å²) in [6, 6.07) is 5.72. The highest BCUT2D eigenvalue weighted by Crippen LogP contribution is 2.30. The molecule has 0 radical (unpaired) electrons. The van der Waals surface area contributed by atoms with E-state index >= 15 is 0 Å². The first kappa shape index (κ1) is 20.0. The summed E-state index contributed by atoms with van der Waals surface area (Å²) in [5, 5.41) is 4.29. The summed E-state index contributed by atoms with van der Waals surface area (Å²) >= 11 is 0. The fraction of sp³-hybridized carbons (Fsp3) is 0.500. The van der Waals surface area contributed by atoms with Crippen molar-refractivity contribution in [3.05, 3.63) is 30.0 Å². The van der Waals surface area contributed by atoms with E-state index in [0.29, 0.717) is 18.8 Å². The second-order valence-electron chi connectivity index (χ2n) is 5.83. The van der Waals surface area contributed by atoms with Gasteiger partial charge in [-0.3, -0.25) is 4.98 Å². The van der Waals surface area contributed by atoms with Crippen LogP contribution in [0.2, 0.25) is 0 Å². The Morgan fingerprint density at radius 2 is 1.92 bits per heavy atom. The first-order valence-electron chi connectivity index (χ1n) is 9.33. The number of nitrogens with one attached hydrogen (secondary N) is 1. The molecule has 0 spiro atoms. The van der Waals surface area contributed by atoms with E-state index in [4.69, 9.17) is 9.47 Å². The summed E-state index contributed by atoms with van der Waals surface area (Å²) in [4.78, 5) is 19.1. The van der Waals surface area contributed by atoms with E-state index in [1.54, 1.807) is 13.1 Å². The van der Waals surface area contributed by atoms with Crippen LogP contribution < -0.4 is 10.1 Å². The lowest BCUT2D eigenvalue weighted by Gasteiger charge is -2.20. The molecule has 0 bridgehead atoms. The molecular formula is C20H29N3O3. The van der Waals surface area contributed by atoms with Gasteiger partial charge in [0.1, 0.15) is 11.3 Å². The quantitative estimate of drug-likeness (QED) is 0.655. The smallest absolute Gasteiger partial charge is 0.341 e. The Labute approximate surface area is 155 Å². The molecule has 0 saturated heterocycles. The number of hydrogen-bond acceptors (Lipinski definition) is 6. The molecule has 6 heteroatoms. The number of fused-ring (bicyclic) bond motifs is 1. The molecular weight excluding hydrogens is 330 g/mol. The van der Waals surface area contributed by atoms with Gasteiger partial charge in [-0.1, -0.05) is 13.8 Å². The Hall–Kier alpha value is -2.34. The first-order valence-corrected chi connectivity index (χ1v) is 9.33. The number of hydrogen-bond donors (Lipinski definition) is 1. The Morgan fingerprint density at radius 1 is 1.15 bits per heavy atom. The van der Waals surface area contributed by atoms with Gasteiger partial charge in [-0.05, 0) is 45.1 Å². The van der Waals surface area contributed by atoms with Crippen LogP contribution in [-0.4, -0.2) is 55.2 Å². The van der Waals surface area contributed by atoms with Gasteiger partial charge in [0, 0.05) is 24.7 Å². The van der Waals surface area contributed by atoms with Gasteiger partial charge in [-0.15, -0.1) is 0 Å². The molecule has 0 atom stereocenters. The van der Waals surface area contributed by atoms with Crippen LogP contribution in [0, 0.1) is 0 Å². The van der Waals surface area contributed by atoms with Crippen molar-refractivity contribution < 1.29 is 14.3 Å². The molecule has 6 nitrogen and oxygen atoms in total. The number of benzene rings is 1. The molecule has 0 saturated carbocycles. The molecule has 1 heterocycles. The van der Waals surface area contributed by atoms with Crippen LogP contribution in [0.3, 0.4) is 0 Å². The number of rotatable bonds is 10. The molecule has 0 aliphatic rings. The summed E-state index contributed by atoms with van der Waals surface area (Å²) in [7, 11) is 0. The van der Waals surface area contributed by atoms with Crippen LogP contribution in [-0.2, 0) is 4.74 Å². The molecule has 142 valence electrons. The molecule has 0 unspecified atom stereocenters. The molecule has 0 fully saturated rings. The second-order valence-corrected chi connectivity index (χ2v) is 5.83. The Morgan fingerprint density at radius 3 is 2.58 bits per heavy atom. The normalized spacial score (nSPS) is 11.0. The maximum Gasteiger partial charge on any atom is 0.341 e. The van der Waals surface area contributed by atoms with Crippen LogP contribution in [0.25, 0.3) is 10.9 Å². The number of pyridine rings is 1. The lowest BCUT2D eigenvalue weighted by Crippen LogP contribution is -2.29. The average Bonchev–Trinajstić information content (AvgIpc) is 2.65. The van der Waals surface area contributed by atoms with Crippen molar-refractivity contribution >= 4 is 22.6 Å². The number of esters is 1. The van der Waals surface area contributed by atoms with Gasteiger partial charge in [0.05, 0.1) is 24.4 Å². The first-order chi connectivity index (χ1) is 12.6. The van der Waals surface area contributed by atoms with E-state index in [0.717, 1.165) is 48.5 Å². The highest BCUT2D eigenvalue weighted by molar-refractivity contribution is 6.05. The summed E-state index contributed by atoms with van der Waals surface area (Å²) in [6.45, 7) is 12.6. The minimum Gasteiger partial charge on any atom is -0.494 e. The molecule has 1 aromatic heterocycles. The molecule has 2 rings (SSSR count). The average molecular weight is 359 g/mol. The molecule has 0 aliphatic heterocycles. The fourth-order valence-corrected chi connectivity index (χ4v) is 2.86. The summed E-state index contributed by atoms with van der Waals surface area (Å²) in [5.74, 6) is 0.392. The van der Waals surface area contributed by atoms with Gasteiger partial charge in [0.2, 0.25) is 0 Å². The number of aromatic nitrogens is 1. The minimum atomic E-state index is -0.367. The largest absolute Gasteiger partial charge is 0.494 e. The lowest BCUT2D eigenvalue weighted by molar-refractivity contribution is 0.0527. The molecule has 26 heavy (non-hydrogen) atoms. The molecule has 2 aromatic rings. The summed E-state index contributed by atoms with van der Waals surface area (Å²) in [5.41, 5.74) is 2.02. The standard InChI is InChI=1S/C20H29N3O3/c1-5-23(6-2)12-11-21-19-16-13-15(25-7-3)9-10-18(16)22-14-17(19)20(24)26-8-4/h9-10,13-14H,5-8,11-12H2,1-4H3,(H,21,22). The van der Waals surface area contributed by atoms with Crippen LogP contribution in [0.4, 0.5) is 5.69 Å². The summed E-state index contributed by atoms with van der Waals surface area (Å²) in [6.07, 6.45) is 1.58. The zero-order chi connectivity index (χ0) is 18.9. The minimum absolute atomic E-state index is 0.328. The molecule has 1 N–H and O–H groups in total. The van der Waals surface area contributed by atoms with Crippen LogP contribution in [0.5, 0.6) is 5.75 Å². The maximum atomic E-state index is 12.4. The van der Waals surface area contributed by atoms with Crippen LogP contribution >= 0.6 is 0 Å². The van der Waals surface area contributed by atoms with Gasteiger partial charge in [-0.2, -0.15) is 0 Å². The maximum absolute atomic E-state index is 12.4. The van der Waals surface area contributed by atoms with Crippen molar-refractivity contribution in [1.82, 2.24) is 9.88 Å². The zero-order valence-corrected chi connectivity index (χ0v) is 16.2. The number of nitrogens with zero attached hydrogens (tertiary/aromatic N) is 2. The Balaban J connectivity index is 2.39. The lowest BCUT2D eigenvalue weighted by atomic mass is 10.1. The SMILES string of the molecule is CCOC(=O)c1cnc2ccc(OCC)cc2c1NCCN(CC)CC. The van der Waals surface area contributed by atoms with Crippen molar-refractivity contribution in [2.24, 2.45) is 0 Å². The predicted molar refractivity (Wildman–Crippen MR) is 105 cm³/mol. The number of ether oxygens (including phenoxy) is 2. The van der Waals surface area contributed by atoms with Crippen molar-refractivity contribution in [2.75, 3.05) is 44.7 Å². The van der Waals surface area contributed by atoms with E-state index in [-0.39, 0.29) is 5.97 Å². The number of likely N-dealkylation sites (N-methyl/N-ethyl adjacent to an activating group) is 1. The van der Waals surface area contributed by atoms with E-state index in [2.05, 4.69) is 29.0 Å². The zero-order valence-electron chi connectivity index (χ0n) is 16.2. The van der Waals surface area contributed by atoms with E-state index in [9.17, 15) is 4.79 Å². The van der Waals surface area contributed by atoms with Gasteiger partial charge < -0.3 is 19.7 Å². The number of anilines is 1. The molecule has 0 aliphatic carbocycles. The van der Waals surface area contributed by atoms with Crippen molar-refractivity contribution in [3.8, 4) is 5.75 Å². The van der Waals surface area contributed by atoms with Gasteiger partial charge in [-0.25, -0.2) is 4.79 Å². The number of carbonyl (C=O) groups excluding carboxylic acids is 1. The monoisotopic (exact) mass is 359 g/mol. The highest BCUT2D eigenvalue weighted by atomic mass is 16.5. The third-order valence-corrected chi connectivity index (χ3v) is 4.27. The Bertz CT molecular complexity index is 730. The highest BCUT2D eigenvalue weighted by Gasteiger charge is 2.17. The van der Waals surface area contributed by atoms with Crippen molar-refractivity contribution in [3.63, 3.8) is 0 Å². The second kappa shape index (κ2) is 9.97. The molecule has 0 amide bonds. The third-order valence-electron chi connectivity index (χ3n) is 4.27. The number of carbonyl (C=O) groups is 1. The van der Waals surface area contributed by atoms with E-state index in [1.165, 1.54) is 0 Å². The fourth-order valence-electron chi connectivity index (χ4n) is 2.86. The molecule has 1 aromatic carbocycles. The van der Waals surface area contributed by atoms with Crippen LogP contribution in [0.1, 0.15) is 38.1 Å². The Kier molecular flexibility index (Phi) is 7.66. The van der Waals surface area contributed by atoms with Gasteiger partial charge in [0.15, 0.2) is 0 Å². The predicted octanol–water partition coefficient (Wildman–Crippen LogP) is 3.56.